The van der Waals surface area contributed by atoms with Gasteiger partial charge in [0, 0.05) is 18.7 Å². The lowest BCUT2D eigenvalue weighted by atomic mass is 9.83. The molecule has 1 aliphatic rings. The Morgan fingerprint density at radius 1 is 1.09 bits per heavy atom. The van der Waals surface area contributed by atoms with E-state index < -0.39 is 0 Å². The average molecular weight is 443 g/mol. The van der Waals surface area contributed by atoms with Gasteiger partial charge >= 0.3 is 0 Å². The Morgan fingerprint density at radius 3 is 2.67 bits per heavy atom. The van der Waals surface area contributed by atoms with Gasteiger partial charge in [-0.2, -0.15) is 0 Å². The van der Waals surface area contributed by atoms with E-state index in [-0.39, 0.29) is 11.3 Å². The van der Waals surface area contributed by atoms with E-state index in [1.54, 1.807) is 13.4 Å². The smallest absolute Gasteiger partial charge is 0.238 e. The molecular formula is C26H30N6O. The number of benzene rings is 1. The maximum atomic E-state index is 5.59. The number of aromatic nitrogens is 6. The van der Waals surface area contributed by atoms with Crippen molar-refractivity contribution in [2.75, 3.05) is 7.11 Å². The second-order valence-corrected chi connectivity index (χ2v) is 9.73. The van der Waals surface area contributed by atoms with Gasteiger partial charge in [0.25, 0.3) is 0 Å². The van der Waals surface area contributed by atoms with E-state index in [2.05, 4.69) is 54.7 Å². The maximum absolute atomic E-state index is 5.59. The van der Waals surface area contributed by atoms with Crippen LogP contribution >= 0.6 is 0 Å². The van der Waals surface area contributed by atoms with Gasteiger partial charge in [0.15, 0.2) is 5.82 Å². The lowest BCUT2D eigenvalue weighted by Gasteiger charge is -2.25. The molecule has 170 valence electrons. The van der Waals surface area contributed by atoms with E-state index >= 15 is 0 Å². The van der Waals surface area contributed by atoms with Crippen molar-refractivity contribution in [3.63, 3.8) is 0 Å². The minimum absolute atomic E-state index is 0.111. The Labute approximate surface area is 194 Å². The van der Waals surface area contributed by atoms with Gasteiger partial charge in [0.1, 0.15) is 17.2 Å². The van der Waals surface area contributed by atoms with Crippen LogP contribution in [-0.4, -0.2) is 36.4 Å². The summed E-state index contributed by atoms with van der Waals surface area (Å²) in [5, 5.41) is 4.82. The number of hydrogen-bond acceptors (Lipinski definition) is 5. The molecule has 0 aliphatic carbocycles. The van der Waals surface area contributed by atoms with Crippen molar-refractivity contribution >= 4 is 0 Å². The normalized spacial score (nSPS) is 16.0. The molecule has 0 unspecified atom stereocenters. The Kier molecular flexibility index (Phi) is 5.27. The highest BCUT2D eigenvalue weighted by Gasteiger charge is 2.27. The summed E-state index contributed by atoms with van der Waals surface area (Å²) in [7, 11) is 1.63. The van der Waals surface area contributed by atoms with Crippen molar-refractivity contribution < 1.29 is 4.74 Å². The topological polar surface area (TPSA) is 70.7 Å². The first-order chi connectivity index (χ1) is 15.8. The molecule has 7 nitrogen and oxygen atoms in total. The van der Waals surface area contributed by atoms with Gasteiger partial charge in [-0.25, -0.2) is 19.6 Å². The van der Waals surface area contributed by atoms with Crippen molar-refractivity contribution in [1.82, 2.24) is 29.3 Å². The molecule has 0 bridgehead atoms. The van der Waals surface area contributed by atoms with Gasteiger partial charge in [-0.05, 0) is 48.4 Å². The monoisotopic (exact) mass is 442 g/mol. The predicted octanol–water partition coefficient (Wildman–Crippen LogP) is 5.07. The standard InChI is InChI=1S/C26H30N6O/c1-17-15-31(16-27-17)22-12-11-21(28-25(22)33-5)23-29-24-20(10-7-13-32(24)30-23)18-8-6-9-19(14-18)26(2,3)4/h6,8-9,11-12,14-16,20H,7,10,13H2,1-5H3/t20-/m0/s1. The van der Waals surface area contributed by atoms with Crippen LogP contribution in [0.4, 0.5) is 0 Å². The summed E-state index contributed by atoms with van der Waals surface area (Å²) in [5.41, 5.74) is 5.23. The Hall–Kier alpha value is -3.48. The average Bonchev–Trinajstić information content (AvgIpc) is 3.44. The second kappa shape index (κ2) is 8.14. The van der Waals surface area contributed by atoms with Crippen molar-refractivity contribution in [3.05, 3.63) is 71.6 Å². The number of aryl methyl sites for hydroxylation is 2. The molecular weight excluding hydrogens is 412 g/mol. The molecule has 0 saturated carbocycles. The van der Waals surface area contributed by atoms with E-state index in [0.29, 0.717) is 17.4 Å². The largest absolute Gasteiger partial charge is 0.479 e. The number of pyridine rings is 1. The van der Waals surface area contributed by atoms with Crippen molar-refractivity contribution in [3.8, 4) is 23.1 Å². The molecule has 0 fully saturated rings. The van der Waals surface area contributed by atoms with Gasteiger partial charge < -0.3 is 9.30 Å². The van der Waals surface area contributed by atoms with Gasteiger partial charge in [0.05, 0.1) is 19.1 Å². The highest BCUT2D eigenvalue weighted by Crippen LogP contribution is 2.35. The minimum Gasteiger partial charge on any atom is -0.479 e. The molecule has 4 aromatic rings. The molecule has 4 heterocycles. The van der Waals surface area contributed by atoms with Crippen LogP contribution in [0.5, 0.6) is 5.88 Å². The molecule has 0 amide bonds. The number of nitrogens with zero attached hydrogens (tertiary/aromatic N) is 6. The SMILES string of the molecule is COc1nc(-c2nc3n(n2)CCC[C@H]3c2cccc(C(C)(C)C)c2)ccc1-n1cnc(C)c1. The summed E-state index contributed by atoms with van der Waals surface area (Å²) >= 11 is 0. The minimum atomic E-state index is 0.111. The van der Waals surface area contributed by atoms with Crippen LogP contribution in [0, 0.1) is 6.92 Å². The number of fused-ring (bicyclic) bond motifs is 1. The van der Waals surface area contributed by atoms with Gasteiger partial charge in [-0.1, -0.05) is 45.0 Å². The number of imidazole rings is 1. The summed E-state index contributed by atoms with van der Waals surface area (Å²) in [6.07, 6.45) is 5.86. The quantitative estimate of drug-likeness (QED) is 0.441. The highest BCUT2D eigenvalue weighted by molar-refractivity contribution is 5.55. The van der Waals surface area contributed by atoms with Crippen LogP contribution in [-0.2, 0) is 12.0 Å². The van der Waals surface area contributed by atoms with Crippen LogP contribution < -0.4 is 4.74 Å². The number of hydrogen-bond donors (Lipinski definition) is 0. The molecule has 0 N–H and O–H groups in total. The van der Waals surface area contributed by atoms with E-state index in [9.17, 15) is 0 Å². The second-order valence-electron chi connectivity index (χ2n) is 9.73. The summed E-state index contributed by atoms with van der Waals surface area (Å²) in [6, 6.07) is 12.8. The summed E-state index contributed by atoms with van der Waals surface area (Å²) in [6.45, 7) is 9.59. The van der Waals surface area contributed by atoms with Gasteiger partial charge in [0.2, 0.25) is 5.88 Å². The predicted molar refractivity (Wildman–Crippen MR) is 128 cm³/mol. The first-order valence-corrected chi connectivity index (χ1v) is 11.4. The number of ether oxygens (including phenoxy) is 1. The van der Waals surface area contributed by atoms with E-state index in [4.69, 9.17) is 19.8 Å². The lowest BCUT2D eigenvalue weighted by molar-refractivity contribution is 0.396. The van der Waals surface area contributed by atoms with Crippen LogP contribution in [0.3, 0.4) is 0 Å². The number of methoxy groups -OCH3 is 1. The number of rotatable bonds is 4. The fourth-order valence-electron chi connectivity index (χ4n) is 4.45. The molecule has 1 atom stereocenters. The molecule has 1 aromatic carbocycles. The fourth-order valence-corrected chi connectivity index (χ4v) is 4.45. The molecule has 0 saturated heterocycles. The van der Waals surface area contributed by atoms with Crippen LogP contribution in [0.2, 0.25) is 0 Å². The van der Waals surface area contributed by atoms with E-state index in [0.717, 1.165) is 36.6 Å². The molecule has 3 aromatic heterocycles. The lowest BCUT2D eigenvalue weighted by Crippen LogP contribution is -2.19. The molecule has 33 heavy (non-hydrogen) atoms. The van der Waals surface area contributed by atoms with Crippen LogP contribution in [0.25, 0.3) is 17.2 Å². The highest BCUT2D eigenvalue weighted by atomic mass is 16.5. The van der Waals surface area contributed by atoms with Gasteiger partial charge in [-0.3, -0.25) is 0 Å². The van der Waals surface area contributed by atoms with Crippen molar-refractivity contribution in [1.29, 1.82) is 0 Å². The van der Waals surface area contributed by atoms with Crippen molar-refractivity contribution in [2.24, 2.45) is 0 Å². The summed E-state index contributed by atoms with van der Waals surface area (Å²) < 4.78 is 9.55. The zero-order valence-electron chi connectivity index (χ0n) is 19.9. The molecule has 0 spiro atoms. The molecule has 1 aliphatic heterocycles. The van der Waals surface area contributed by atoms with Gasteiger partial charge in [-0.15, -0.1) is 5.10 Å². The third-order valence-corrected chi connectivity index (χ3v) is 6.28. The molecule has 0 radical (unpaired) electrons. The van der Waals surface area contributed by atoms with Crippen LogP contribution in [0.1, 0.15) is 62.2 Å². The summed E-state index contributed by atoms with van der Waals surface area (Å²) in [4.78, 5) is 14.0. The zero-order valence-corrected chi connectivity index (χ0v) is 19.9. The van der Waals surface area contributed by atoms with E-state index in [1.807, 2.05) is 29.8 Å². The summed E-state index contributed by atoms with van der Waals surface area (Å²) in [5.74, 6) is 2.40. The fraction of sp³-hybridized carbons (Fsp3) is 0.385. The van der Waals surface area contributed by atoms with Crippen LogP contribution in [0.15, 0.2) is 48.9 Å². The molecule has 7 heteroatoms. The molecule has 5 rings (SSSR count). The Bertz CT molecular complexity index is 1300. The van der Waals surface area contributed by atoms with Crippen molar-refractivity contribution in [2.45, 2.75) is 58.4 Å². The Balaban J connectivity index is 1.51. The Morgan fingerprint density at radius 2 is 1.94 bits per heavy atom. The third kappa shape index (κ3) is 4.03. The zero-order chi connectivity index (χ0) is 23.2. The van der Waals surface area contributed by atoms with E-state index in [1.165, 1.54) is 11.1 Å². The maximum Gasteiger partial charge on any atom is 0.238 e. The first kappa shape index (κ1) is 21.4. The third-order valence-electron chi connectivity index (χ3n) is 6.28. The first-order valence-electron chi connectivity index (χ1n) is 11.4.